The summed E-state index contributed by atoms with van der Waals surface area (Å²) < 4.78 is 6.32. The number of hydrogen-bond donors (Lipinski definition) is 1. The lowest BCUT2D eigenvalue weighted by molar-refractivity contribution is -0.00859. The molecule has 0 unspecified atom stereocenters. The van der Waals surface area contributed by atoms with Crippen LogP contribution in [0.1, 0.15) is 29.4 Å². The molecule has 1 heterocycles. The molecule has 1 aromatic heterocycles. The van der Waals surface area contributed by atoms with E-state index in [4.69, 9.17) is 4.74 Å². The number of rotatable bonds is 4. The fraction of sp³-hybridized carbons (Fsp3) is 0.545. The largest absolute Gasteiger partial charge is 0.378 e. The Labute approximate surface area is 107 Å². The highest BCUT2D eigenvalue weighted by molar-refractivity contribution is 9.10. The van der Waals surface area contributed by atoms with Gasteiger partial charge in [0.1, 0.15) is 4.88 Å². The first-order chi connectivity index (χ1) is 7.70. The summed E-state index contributed by atoms with van der Waals surface area (Å²) in [4.78, 5) is 12.6. The van der Waals surface area contributed by atoms with Gasteiger partial charge >= 0.3 is 0 Å². The number of carbonyl (C=O) groups is 1. The van der Waals surface area contributed by atoms with Crippen LogP contribution in [0.5, 0.6) is 0 Å². The van der Waals surface area contributed by atoms with Crippen LogP contribution in [-0.2, 0) is 4.74 Å². The predicted octanol–water partition coefficient (Wildman–Crippen LogP) is 2.81. The minimum absolute atomic E-state index is 0.0156. The summed E-state index contributed by atoms with van der Waals surface area (Å²) in [5.41, 5.74) is 0. The Morgan fingerprint density at radius 3 is 3.00 bits per heavy atom. The van der Waals surface area contributed by atoms with Crippen molar-refractivity contribution >= 4 is 33.2 Å². The molecule has 1 aromatic rings. The molecular weight excluding hydrogens is 290 g/mol. The van der Waals surface area contributed by atoms with Crippen molar-refractivity contribution in [2.45, 2.75) is 31.9 Å². The Balaban J connectivity index is 1.80. The van der Waals surface area contributed by atoms with E-state index in [2.05, 4.69) is 21.2 Å². The standard InChI is InChI=1S/C11H14BrNO2S/c1-2-15-8-5-7(6-8)13-11(14)10-9(12)3-4-16-10/h3-4,7-8H,2,5-6H2,1H3,(H,13,14). The molecule has 16 heavy (non-hydrogen) atoms. The van der Waals surface area contributed by atoms with E-state index in [9.17, 15) is 4.79 Å². The highest BCUT2D eigenvalue weighted by atomic mass is 79.9. The van der Waals surface area contributed by atoms with E-state index < -0.39 is 0 Å². The Morgan fingerprint density at radius 1 is 1.69 bits per heavy atom. The number of thiophene rings is 1. The summed E-state index contributed by atoms with van der Waals surface area (Å²) in [6.07, 6.45) is 2.20. The van der Waals surface area contributed by atoms with Gasteiger partial charge in [0.15, 0.2) is 0 Å². The van der Waals surface area contributed by atoms with E-state index in [1.54, 1.807) is 0 Å². The lowest BCUT2D eigenvalue weighted by Gasteiger charge is -2.35. The second kappa shape index (κ2) is 5.29. The summed E-state index contributed by atoms with van der Waals surface area (Å²) in [6, 6.07) is 2.17. The van der Waals surface area contributed by atoms with Crippen LogP contribution < -0.4 is 5.32 Å². The quantitative estimate of drug-likeness (QED) is 0.929. The molecule has 0 bridgehead atoms. The van der Waals surface area contributed by atoms with Crippen molar-refractivity contribution in [3.8, 4) is 0 Å². The summed E-state index contributed by atoms with van der Waals surface area (Å²) in [6.45, 7) is 2.75. The van der Waals surface area contributed by atoms with Crippen LogP contribution in [0.2, 0.25) is 0 Å². The van der Waals surface area contributed by atoms with E-state index in [-0.39, 0.29) is 11.9 Å². The molecule has 0 radical (unpaired) electrons. The maximum Gasteiger partial charge on any atom is 0.262 e. The monoisotopic (exact) mass is 303 g/mol. The molecule has 88 valence electrons. The first-order valence-corrected chi connectivity index (χ1v) is 7.03. The molecule has 0 saturated heterocycles. The van der Waals surface area contributed by atoms with Gasteiger partial charge in [0, 0.05) is 17.1 Å². The van der Waals surface area contributed by atoms with E-state index in [1.807, 2.05) is 18.4 Å². The Hall–Kier alpha value is -0.390. The van der Waals surface area contributed by atoms with Crippen LogP contribution in [0.3, 0.4) is 0 Å². The van der Waals surface area contributed by atoms with E-state index in [0.29, 0.717) is 6.10 Å². The molecule has 1 N–H and O–H groups in total. The smallest absolute Gasteiger partial charge is 0.262 e. The fourth-order valence-corrected chi connectivity index (χ4v) is 3.22. The van der Waals surface area contributed by atoms with Crippen LogP contribution >= 0.6 is 27.3 Å². The van der Waals surface area contributed by atoms with Gasteiger partial charge in [-0.3, -0.25) is 4.79 Å². The SMILES string of the molecule is CCOC1CC(NC(=O)c2sccc2Br)C1. The van der Waals surface area contributed by atoms with Crippen molar-refractivity contribution in [3.05, 3.63) is 20.8 Å². The van der Waals surface area contributed by atoms with Crippen LogP contribution in [0.25, 0.3) is 0 Å². The van der Waals surface area contributed by atoms with Crippen LogP contribution in [0.4, 0.5) is 0 Å². The number of amides is 1. The van der Waals surface area contributed by atoms with Crippen molar-refractivity contribution in [1.29, 1.82) is 0 Å². The van der Waals surface area contributed by atoms with Gasteiger partial charge in [-0.25, -0.2) is 0 Å². The van der Waals surface area contributed by atoms with E-state index >= 15 is 0 Å². The fourth-order valence-electron chi connectivity index (χ4n) is 1.76. The van der Waals surface area contributed by atoms with E-state index in [1.165, 1.54) is 11.3 Å². The van der Waals surface area contributed by atoms with Crippen molar-refractivity contribution in [1.82, 2.24) is 5.32 Å². The van der Waals surface area contributed by atoms with Crippen molar-refractivity contribution < 1.29 is 9.53 Å². The third-order valence-electron chi connectivity index (χ3n) is 2.66. The first-order valence-electron chi connectivity index (χ1n) is 5.36. The molecule has 1 aliphatic carbocycles. The van der Waals surface area contributed by atoms with Crippen molar-refractivity contribution in [3.63, 3.8) is 0 Å². The number of hydrogen-bond acceptors (Lipinski definition) is 3. The molecule has 0 aromatic carbocycles. The molecule has 1 aliphatic rings. The second-order valence-electron chi connectivity index (χ2n) is 3.82. The Morgan fingerprint density at radius 2 is 2.44 bits per heavy atom. The maximum absolute atomic E-state index is 11.8. The topological polar surface area (TPSA) is 38.3 Å². The zero-order valence-corrected chi connectivity index (χ0v) is 11.4. The number of ether oxygens (including phenoxy) is 1. The number of nitrogens with one attached hydrogen (secondary N) is 1. The zero-order valence-electron chi connectivity index (χ0n) is 9.03. The van der Waals surface area contributed by atoms with Gasteiger partial charge in [-0.1, -0.05) is 0 Å². The maximum atomic E-state index is 11.8. The molecule has 1 fully saturated rings. The van der Waals surface area contributed by atoms with Gasteiger partial charge in [-0.05, 0) is 47.1 Å². The van der Waals surface area contributed by atoms with Gasteiger partial charge < -0.3 is 10.1 Å². The number of carbonyl (C=O) groups excluding carboxylic acids is 1. The molecule has 1 amide bonds. The van der Waals surface area contributed by atoms with Crippen molar-refractivity contribution in [2.24, 2.45) is 0 Å². The summed E-state index contributed by atoms with van der Waals surface area (Å²) in [7, 11) is 0. The van der Waals surface area contributed by atoms with Crippen LogP contribution in [0, 0.1) is 0 Å². The zero-order chi connectivity index (χ0) is 11.5. The summed E-state index contributed by atoms with van der Waals surface area (Å²) in [5.74, 6) is 0.0156. The van der Waals surface area contributed by atoms with Gasteiger partial charge in [-0.15, -0.1) is 11.3 Å². The molecule has 3 nitrogen and oxygen atoms in total. The van der Waals surface area contributed by atoms with Crippen LogP contribution in [0.15, 0.2) is 15.9 Å². The Bertz CT molecular complexity index is 374. The summed E-state index contributed by atoms with van der Waals surface area (Å²) >= 11 is 4.81. The first kappa shape index (κ1) is 12.1. The van der Waals surface area contributed by atoms with E-state index in [0.717, 1.165) is 28.8 Å². The molecule has 1 saturated carbocycles. The average Bonchev–Trinajstić information content (AvgIpc) is 2.61. The average molecular weight is 304 g/mol. The van der Waals surface area contributed by atoms with Gasteiger partial charge in [0.05, 0.1) is 6.10 Å². The molecule has 0 aliphatic heterocycles. The minimum Gasteiger partial charge on any atom is -0.378 e. The van der Waals surface area contributed by atoms with Gasteiger partial charge in [0.25, 0.3) is 5.91 Å². The summed E-state index contributed by atoms with van der Waals surface area (Å²) in [5, 5.41) is 4.91. The molecular formula is C11H14BrNO2S. The highest BCUT2D eigenvalue weighted by Crippen LogP contribution is 2.26. The lowest BCUT2D eigenvalue weighted by atomic mass is 9.89. The molecule has 5 heteroatoms. The lowest BCUT2D eigenvalue weighted by Crippen LogP contribution is -2.47. The predicted molar refractivity (Wildman–Crippen MR) is 67.9 cm³/mol. The number of halogens is 1. The Kier molecular flexibility index (Phi) is 4.00. The molecule has 2 rings (SSSR count). The highest BCUT2D eigenvalue weighted by Gasteiger charge is 2.31. The molecule has 0 spiro atoms. The van der Waals surface area contributed by atoms with Crippen molar-refractivity contribution in [2.75, 3.05) is 6.61 Å². The van der Waals surface area contributed by atoms with Gasteiger partial charge in [-0.2, -0.15) is 0 Å². The van der Waals surface area contributed by atoms with Gasteiger partial charge in [0.2, 0.25) is 0 Å². The molecule has 0 atom stereocenters. The third kappa shape index (κ3) is 2.64. The third-order valence-corrected chi connectivity index (χ3v) is 4.49. The second-order valence-corrected chi connectivity index (χ2v) is 5.59. The normalized spacial score (nSPS) is 23.9. The van der Waals surface area contributed by atoms with Crippen LogP contribution in [-0.4, -0.2) is 24.7 Å². The minimum atomic E-state index is 0.0156.